The van der Waals surface area contributed by atoms with Gasteiger partial charge in [-0.2, -0.15) is 5.21 Å². The number of hydrogen-bond donors (Lipinski definition) is 2. The van der Waals surface area contributed by atoms with Crippen molar-refractivity contribution in [3.8, 4) is 11.5 Å². The van der Waals surface area contributed by atoms with Crippen molar-refractivity contribution in [2.45, 2.75) is 70.0 Å². The lowest BCUT2D eigenvalue weighted by Gasteiger charge is -2.67. The Hall–Kier alpha value is -2.38. The smallest absolute Gasteiger partial charge is 0.224 e. The average molecular weight is 384 g/mol. The van der Waals surface area contributed by atoms with E-state index in [1.807, 2.05) is 6.07 Å². The first kappa shape index (κ1) is 17.7. The molecule has 28 heavy (non-hydrogen) atoms. The molecule has 4 fully saturated rings. The van der Waals surface area contributed by atoms with Gasteiger partial charge in [0, 0.05) is 18.2 Å². The van der Waals surface area contributed by atoms with Crippen LogP contribution >= 0.6 is 0 Å². The van der Waals surface area contributed by atoms with Crippen LogP contribution in [0.2, 0.25) is 0 Å². The van der Waals surface area contributed by atoms with Crippen LogP contribution in [0.3, 0.4) is 0 Å². The molecule has 8 heteroatoms. The number of alkyl halides is 1. The van der Waals surface area contributed by atoms with E-state index in [1.54, 1.807) is 12.3 Å². The van der Waals surface area contributed by atoms with Crippen molar-refractivity contribution in [3.05, 3.63) is 23.9 Å². The van der Waals surface area contributed by atoms with Crippen LogP contribution in [0.4, 0.5) is 4.39 Å². The van der Waals surface area contributed by atoms with E-state index < -0.39 is 11.2 Å². The molecule has 4 saturated carbocycles. The molecule has 0 radical (unpaired) electrons. The SMILES string of the molecule is CC12CC3(C)CC(F)(C1)CC(NC(=O)Cc1ccc(-c4nn[nH]n4)nc1)(C2)C3. The van der Waals surface area contributed by atoms with Crippen LogP contribution in [0.5, 0.6) is 0 Å². The van der Waals surface area contributed by atoms with E-state index in [-0.39, 0.29) is 23.2 Å². The molecule has 2 unspecified atom stereocenters. The van der Waals surface area contributed by atoms with Gasteiger partial charge in [-0.3, -0.25) is 9.78 Å². The topological polar surface area (TPSA) is 96.5 Å². The number of halogens is 1. The van der Waals surface area contributed by atoms with Gasteiger partial charge in [0.1, 0.15) is 11.4 Å². The van der Waals surface area contributed by atoms with E-state index in [2.05, 4.69) is 44.8 Å². The Balaban J connectivity index is 1.31. The van der Waals surface area contributed by atoms with E-state index in [0.717, 1.165) is 24.8 Å². The summed E-state index contributed by atoms with van der Waals surface area (Å²) in [6, 6.07) is 3.62. The van der Waals surface area contributed by atoms with Gasteiger partial charge in [-0.05, 0) is 59.8 Å². The third-order valence-corrected chi connectivity index (χ3v) is 6.69. The highest BCUT2D eigenvalue weighted by Gasteiger charge is 2.66. The fourth-order valence-corrected chi connectivity index (χ4v) is 7.14. The van der Waals surface area contributed by atoms with Gasteiger partial charge in [-0.15, -0.1) is 10.2 Å². The molecule has 2 N–H and O–H groups in total. The first-order chi connectivity index (χ1) is 13.2. The number of nitrogens with zero attached hydrogens (tertiary/aromatic N) is 4. The van der Waals surface area contributed by atoms with Crippen molar-refractivity contribution in [1.29, 1.82) is 0 Å². The molecule has 6 rings (SSSR count). The summed E-state index contributed by atoms with van der Waals surface area (Å²) in [6.07, 6.45) is 6.42. The second-order valence-corrected chi connectivity index (χ2v) is 10.1. The molecule has 2 aromatic rings. The zero-order valence-electron chi connectivity index (χ0n) is 16.3. The Morgan fingerprint density at radius 3 is 2.46 bits per heavy atom. The fraction of sp³-hybridized carbons (Fsp3) is 0.650. The van der Waals surface area contributed by atoms with Crippen LogP contribution in [-0.2, 0) is 11.2 Å². The largest absolute Gasteiger partial charge is 0.350 e. The number of hydrogen-bond acceptors (Lipinski definition) is 5. The normalized spacial score (nSPS) is 38.5. The number of amides is 1. The Bertz CT molecular complexity index is 858. The zero-order valence-corrected chi connectivity index (χ0v) is 16.3. The molecule has 4 aliphatic rings. The van der Waals surface area contributed by atoms with E-state index in [1.165, 1.54) is 0 Å². The van der Waals surface area contributed by atoms with E-state index in [0.29, 0.717) is 30.8 Å². The van der Waals surface area contributed by atoms with Crippen molar-refractivity contribution >= 4 is 5.91 Å². The van der Waals surface area contributed by atoms with Crippen molar-refractivity contribution in [2.75, 3.05) is 0 Å². The number of aromatic nitrogens is 5. The molecule has 0 spiro atoms. The predicted molar refractivity (Wildman–Crippen MR) is 99.7 cm³/mol. The first-order valence-electron chi connectivity index (χ1n) is 9.87. The number of pyridine rings is 1. The van der Waals surface area contributed by atoms with Gasteiger partial charge in [0.2, 0.25) is 11.7 Å². The van der Waals surface area contributed by atoms with Crippen molar-refractivity contribution < 1.29 is 9.18 Å². The predicted octanol–water partition coefficient (Wildman–Crippen LogP) is 2.76. The third-order valence-electron chi connectivity index (χ3n) is 6.69. The van der Waals surface area contributed by atoms with Crippen molar-refractivity contribution in [2.24, 2.45) is 10.8 Å². The van der Waals surface area contributed by atoms with Gasteiger partial charge in [0.25, 0.3) is 0 Å². The molecule has 4 aliphatic carbocycles. The number of carbonyl (C=O) groups is 1. The van der Waals surface area contributed by atoms with Gasteiger partial charge in [0.05, 0.1) is 6.42 Å². The molecule has 0 aliphatic heterocycles. The lowest BCUT2D eigenvalue weighted by Crippen LogP contribution is -2.69. The number of aromatic amines is 1. The lowest BCUT2D eigenvalue weighted by atomic mass is 9.42. The maximum Gasteiger partial charge on any atom is 0.224 e. The van der Waals surface area contributed by atoms with Crippen LogP contribution in [0.25, 0.3) is 11.5 Å². The number of nitrogens with one attached hydrogen (secondary N) is 2. The monoisotopic (exact) mass is 384 g/mol. The highest BCUT2D eigenvalue weighted by molar-refractivity contribution is 5.79. The Kier molecular flexibility index (Phi) is 3.53. The van der Waals surface area contributed by atoms with E-state index in [4.69, 9.17) is 0 Å². The summed E-state index contributed by atoms with van der Waals surface area (Å²) in [7, 11) is 0. The molecule has 7 nitrogen and oxygen atoms in total. The third kappa shape index (κ3) is 2.99. The maximum atomic E-state index is 15.5. The Morgan fingerprint density at radius 2 is 1.89 bits per heavy atom. The second kappa shape index (κ2) is 5.58. The van der Waals surface area contributed by atoms with Crippen LogP contribution in [0.1, 0.15) is 57.9 Å². The maximum absolute atomic E-state index is 15.5. The van der Waals surface area contributed by atoms with E-state index in [9.17, 15) is 4.79 Å². The molecule has 2 atom stereocenters. The molecule has 2 heterocycles. The highest BCUT2D eigenvalue weighted by atomic mass is 19.1. The van der Waals surface area contributed by atoms with Crippen LogP contribution in [0, 0.1) is 10.8 Å². The Labute approximate surface area is 162 Å². The molecule has 0 aromatic carbocycles. The molecular weight excluding hydrogens is 359 g/mol. The standard InChI is InChI=1S/C20H25FN6O/c1-17-7-18(2)9-19(21,8-17)12-20(10-17,11-18)23-15(28)5-13-3-4-14(22-6-13)16-24-26-27-25-16/h3-4,6H,5,7-12H2,1-2H3,(H,23,28)(H,24,25,26,27). The first-order valence-corrected chi connectivity index (χ1v) is 9.87. The number of carbonyl (C=O) groups excluding carboxylic acids is 1. The lowest BCUT2D eigenvalue weighted by molar-refractivity contribution is -0.175. The number of rotatable bonds is 4. The fourth-order valence-electron chi connectivity index (χ4n) is 7.14. The van der Waals surface area contributed by atoms with Gasteiger partial charge >= 0.3 is 0 Å². The molecular formula is C20H25FN6O. The minimum absolute atomic E-state index is 0.0146. The summed E-state index contributed by atoms with van der Waals surface area (Å²) in [4.78, 5) is 17.1. The molecule has 0 saturated heterocycles. The summed E-state index contributed by atoms with van der Waals surface area (Å²) in [5, 5.41) is 16.9. The second-order valence-electron chi connectivity index (χ2n) is 10.1. The summed E-state index contributed by atoms with van der Waals surface area (Å²) < 4.78 is 15.5. The van der Waals surface area contributed by atoms with Crippen LogP contribution < -0.4 is 5.32 Å². The highest BCUT2D eigenvalue weighted by Crippen LogP contribution is 2.68. The average Bonchev–Trinajstić information content (AvgIpc) is 3.04. The zero-order chi connectivity index (χ0) is 19.6. The van der Waals surface area contributed by atoms with Crippen LogP contribution in [0.15, 0.2) is 18.3 Å². The molecule has 2 aromatic heterocycles. The minimum Gasteiger partial charge on any atom is -0.350 e. The van der Waals surface area contributed by atoms with Gasteiger partial charge in [0.15, 0.2) is 0 Å². The summed E-state index contributed by atoms with van der Waals surface area (Å²) in [5.74, 6) is 0.353. The van der Waals surface area contributed by atoms with Crippen molar-refractivity contribution in [1.82, 2.24) is 30.9 Å². The molecule has 1 amide bonds. The van der Waals surface area contributed by atoms with Crippen molar-refractivity contribution in [3.63, 3.8) is 0 Å². The van der Waals surface area contributed by atoms with Crippen LogP contribution in [-0.4, -0.2) is 42.7 Å². The van der Waals surface area contributed by atoms with E-state index >= 15 is 4.39 Å². The molecule has 4 bridgehead atoms. The summed E-state index contributed by atoms with van der Waals surface area (Å²) in [6.45, 7) is 4.39. The van der Waals surface area contributed by atoms with Gasteiger partial charge in [-0.1, -0.05) is 19.9 Å². The van der Waals surface area contributed by atoms with Gasteiger partial charge in [-0.25, -0.2) is 4.39 Å². The quantitative estimate of drug-likeness (QED) is 0.845. The Morgan fingerprint density at radius 1 is 1.14 bits per heavy atom. The summed E-state index contributed by atoms with van der Waals surface area (Å²) >= 11 is 0. The van der Waals surface area contributed by atoms with Gasteiger partial charge < -0.3 is 5.32 Å². The minimum atomic E-state index is -1.14. The number of H-pyrrole nitrogens is 1. The summed E-state index contributed by atoms with van der Waals surface area (Å²) in [5.41, 5.74) is -0.179. The molecule has 148 valence electrons. The number of tetrazole rings is 1.